The summed E-state index contributed by atoms with van der Waals surface area (Å²) in [4.78, 5) is 13.5. The van der Waals surface area contributed by atoms with E-state index in [1.807, 2.05) is 58.1 Å². The van der Waals surface area contributed by atoms with Gasteiger partial charge < -0.3 is 3.07 Å². The highest BCUT2D eigenvalue weighted by atomic mass is 127. The van der Waals surface area contributed by atoms with Crippen molar-refractivity contribution in [2.24, 2.45) is 0 Å². The highest BCUT2D eigenvalue weighted by Gasteiger charge is 2.12. The molecule has 5 rings (SSSR count). The molecule has 0 atom stereocenters. The fraction of sp³-hybridized carbons (Fsp3) is 0.158. The molecule has 4 aromatic heterocycles. The number of hydrogen-bond acceptors (Lipinski definition) is 7. The first-order valence-electron chi connectivity index (χ1n) is 8.96. The summed E-state index contributed by atoms with van der Waals surface area (Å²) in [6, 6.07) is 10.1. The third kappa shape index (κ3) is 3.68. The molecule has 0 unspecified atom stereocenters. The third-order valence-electron chi connectivity index (χ3n) is 4.55. The Kier molecular flexibility index (Phi) is 4.86. The van der Waals surface area contributed by atoms with Crippen molar-refractivity contribution in [1.29, 1.82) is 0 Å². The predicted molar refractivity (Wildman–Crippen MR) is 115 cm³/mol. The Morgan fingerprint density at radius 2 is 2.07 bits per heavy atom. The molecule has 0 radical (unpaired) electrons. The predicted octanol–water partition coefficient (Wildman–Crippen LogP) is 3.05. The van der Waals surface area contributed by atoms with Gasteiger partial charge in [0.25, 0.3) is 0 Å². The minimum absolute atomic E-state index is 0.516. The summed E-state index contributed by atoms with van der Waals surface area (Å²) in [5.74, 6) is 0. The molecule has 0 bridgehead atoms. The molecule has 0 aliphatic carbocycles. The van der Waals surface area contributed by atoms with Gasteiger partial charge in [0.05, 0.1) is 43.3 Å². The molecule has 5 aromatic rings. The summed E-state index contributed by atoms with van der Waals surface area (Å²) in [6.45, 7) is 1.81. The van der Waals surface area contributed by atoms with Crippen LogP contribution in [0.4, 0.5) is 0 Å². The fourth-order valence-electron chi connectivity index (χ4n) is 3.14. The minimum atomic E-state index is 0.516. The van der Waals surface area contributed by atoms with Crippen molar-refractivity contribution in [2.75, 3.05) is 6.61 Å². The van der Waals surface area contributed by atoms with Crippen molar-refractivity contribution in [2.45, 2.75) is 13.1 Å². The van der Waals surface area contributed by atoms with E-state index in [0.717, 1.165) is 27.7 Å². The maximum atomic E-state index is 5.06. The number of hydrogen-bond donors (Lipinski definition) is 0. The van der Waals surface area contributed by atoms with Gasteiger partial charge in [-0.1, -0.05) is 17.3 Å². The Morgan fingerprint density at radius 3 is 3.00 bits per heavy atom. The van der Waals surface area contributed by atoms with Crippen LogP contribution < -0.4 is 0 Å². The average molecular weight is 498 g/mol. The van der Waals surface area contributed by atoms with Crippen LogP contribution in [0.2, 0.25) is 0 Å². The van der Waals surface area contributed by atoms with E-state index in [-0.39, 0.29) is 0 Å². The Labute approximate surface area is 179 Å². The van der Waals surface area contributed by atoms with Crippen LogP contribution in [0.25, 0.3) is 33.5 Å². The van der Waals surface area contributed by atoms with Gasteiger partial charge in [0, 0.05) is 23.3 Å². The van der Waals surface area contributed by atoms with E-state index < -0.39 is 0 Å². The van der Waals surface area contributed by atoms with E-state index in [2.05, 4.69) is 31.4 Å². The Bertz CT molecular complexity index is 1300. The lowest BCUT2D eigenvalue weighted by molar-refractivity contribution is 0.380. The second-order valence-corrected chi connectivity index (χ2v) is 7.11. The number of fused-ring (bicyclic) bond motifs is 2. The van der Waals surface area contributed by atoms with Crippen LogP contribution in [0.15, 0.2) is 55.1 Å². The van der Waals surface area contributed by atoms with E-state index in [1.54, 1.807) is 23.3 Å². The monoisotopic (exact) mass is 498 g/mol. The Morgan fingerprint density at radius 1 is 1.10 bits per heavy atom. The molecule has 29 heavy (non-hydrogen) atoms. The zero-order valence-electron chi connectivity index (χ0n) is 15.2. The number of halogens is 1. The van der Waals surface area contributed by atoms with Gasteiger partial charge in [-0.3, -0.25) is 9.67 Å². The molecule has 0 N–H and O–H groups in total. The largest absolute Gasteiger partial charge is 0.314 e. The molecule has 0 amide bonds. The number of rotatable bonds is 6. The third-order valence-corrected chi connectivity index (χ3v) is 4.99. The molecule has 144 valence electrons. The number of pyridine rings is 1. The minimum Gasteiger partial charge on any atom is -0.314 e. The van der Waals surface area contributed by atoms with Gasteiger partial charge in [-0.2, -0.15) is 5.10 Å². The highest BCUT2D eigenvalue weighted by molar-refractivity contribution is 14.1. The topological polar surface area (TPSA) is 96.4 Å². The quantitative estimate of drug-likeness (QED) is 0.332. The molecule has 0 saturated heterocycles. The summed E-state index contributed by atoms with van der Waals surface area (Å²) in [6.07, 6.45) is 7.18. The lowest BCUT2D eigenvalue weighted by Gasteiger charge is -2.04. The maximum Gasteiger partial charge on any atom is 0.221 e. The molecule has 10 heteroatoms. The zero-order chi connectivity index (χ0) is 19.6. The van der Waals surface area contributed by atoms with Crippen LogP contribution in [0.5, 0.6) is 0 Å². The van der Waals surface area contributed by atoms with Crippen LogP contribution in [-0.2, 0) is 16.2 Å². The standard InChI is InChI=1S/C19H15IN8O/c20-29-7-6-27-12-15(9-23-27)17-10-22-18-19(24-17)28(26-25-18)11-13-3-4-16-14(8-13)2-1-5-21-16/h1-5,8-10,12H,6-7,11H2. The van der Waals surface area contributed by atoms with E-state index in [4.69, 9.17) is 8.05 Å². The van der Waals surface area contributed by atoms with Crippen LogP contribution in [0.1, 0.15) is 5.56 Å². The second-order valence-electron chi connectivity index (χ2n) is 6.49. The van der Waals surface area contributed by atoms with Crippen LogP contribution in [0.3, 0.4) is 0 Å². The van der Waals surface area contributed by atoms with Crippen molar-refractivity contribution >= 4 is 45.2 Å². The molecule has 9 nitrogen and oxygen atoms in total. The van der Waals surface area contributed by atoms with Crippen molar-refractivity contribution in [1.82, 2.24) is 39.7 Å². The first-order chi connectivity index (χ1) is 14.3. The van der Waals surface area contributed by atoms with Crippen molar-refractivity contribution in [3.63, 3.8) is 0 Å². The van der Waals surface area contributed by atoms with Crippen LogP contribution >= 0.6 is 23.0 Å². The van der Waals surface area contributed by atoms with E-state index in [0.29, 0.717) is 31.0 Å². The molecule has 4 heterocycles. The van der Waals surface area contributed by atoms with Crippen molar-refractivity contribution < 1.29 is 3.07 Å². The molecule has 0 aliphatic rings. The Balaban J connectivity index is 1.46. The summed E-state index contributed by atoms with van der Waals surface area (Å²) < 4.78 is 8.64. The summed E-state index contributed by atoms with van der Waals surface area (Å²) in [5, 5.41) is 13.8. The van der Waals surface area contributed by atoms with E-state index in [9.17, 15) is 0 Å². The van der Waals surface area contributed by atoms with E-state index >= 15 is 0 Å². The van der Waals surface area contributed by atoms with E-state index in [1.165, 1.54) is 0 Å². The van der Waals surface area contributed by atoms with Crippen LogP contribution in [0, 0.1) is 0 Å². The second kappa shape index (κ2) is 7.79. The molecular formula is C19H15IN8O. The normalized spacial score (nSPS) is 11.5. The van der Waals surface area contributed by atoms with Gasteiger partial charge in [0.2, 0.25) is 5.65 Å². The molecule has 0 saturated carbocycles. The number of nitrogens with zero attached hydrogens (tertiary/aromatic N) is 8. The first kappa shape index (κ1) is 18.1. The molecule has 1 aromatic carbocycles. The molecule has 0 aliphatic heterocycles. The lowest BCUT2D eigenvalue weighted by atomic mass is 10.1. The summed E-state index contributed by atoms with van der Waals surface area (Å²) in [5.41, 5.74) is 4.82. The van der Waals surface area contributed by atoms with Gasteiger partial charge in [-0.25, -0.2) is 14.6 Å². The fourth-order valence-corrected chi connectivity index (χ4v) is 3.34. The smallest absolute Gasteiger partial charge is 0.221 e. The van der Waals surface area contributed by atoms with Gasteiger partial charge in [0.1, 0.15) is 23.0 Å². The summed E-state index contributed by atoms with van der Waals surface area (Å²) in [7, 11) is 0. The SMILES string of the molecule is IOCCn1cc(-c2cnc3nnn(Cc4ccc5ncccc5c4)c3n2)cn1. The van der Waals surface area contributed by atoms with Gasteiger partial charge in [-0.05, 0) is 23.8 Å². The van der Waals surface area contributed by atoms with Gasteiger partial charge in [0.15, 0.2) is 5.65 Å². The first-order valence-corrected chi connectivity index (χ1v) is 9.84. The van der Waals surface area contributed by atoms with Crippen LogP contribution in [-0.4, -0.2) is 46.3 Å². The molecule has 0 fully saturated rings. The summed E-state index contributed by atoms with van der Waals surface area (Å²) >= 11 is 1.87. The Hall–Kier alpha value is -2.99. The number of benzene rings is 1. The average Bonchev–Trinajstić information content (AvgIpc) is 3.39. The number of aromatic nitrogens is 8. The lowest BCUT2D eigenvalue weighted by Crippen LogP contribution is -2.03. The molecular weight excluding hydrogens is 483 g/mol. The van der Waals surface area contributed by atoms with Gasteiger partial charge >= 0.3 is 0 Å². The maximum absolute atomic E-state index is 5.06. The molecule has 0 spiro atoms. The highest BCUT2D eigenvalue weighted by Crippen LogP contribution is 2.19. The zero-order valence-corrected chi connectivity index (χ0v) is 17.3. The van der Waals surface area contributed by atoms with Crippen molar-refractivity contribution in [3.8, 4) is 11.3 Å². The van der Waals surface area contributed by atoms with Crippen molar-refractivity contribution in [3.05, 3.63) is 60.7 Å². The van der Waals surface area contributed by atoms with Gasteiger partial charge in [-0.15, -0.1) is 5.10 Å².